The lowest BCUT2D eigenvalue weighted by Crippen LogP contribution is -2.23. The number of sulfone groups is 1. The summed E-state index contributed by atoms with van der Waals surface area (Å²) in [6, 6.07) is 4.38. The zero-order valence-electron chi connectivity index (χ0n) is 9.83. The van der Waals surface area contributed by atoms with E-state index in [0.29, 0.717) is 5.56 Å². The van der Waals surface area contributed by atoms with Crippen LogP contribution in [0.4, 0.5) is 0 Å². The molecule has 98 valence electrons. The van der Waals surface area contributed by atoms with Gasteiger partial charge in [-0.25, -0.2) is 8.42 Å². The fourth-order valence-corrected chi connectivity index (χ4v) is 4.33. The van der Waals surface area contributed by atoms with E-state index in [1.807, 2.05) is 0 Å². The number of phenolic OH excluding ortho intramolecular Hbond substituents is 1. The van der Waals surface area contributed by atoms with Gasteiger partial charge in [-0.05, 0) is 25.0 Å². The molecule has 1 aliphatic rings. The molecule has 1 aromatic carbocycles. The molecule has 18 heavy (non-hydrogen) atoms. The topological polar surface area (TPSA) is 91.7 Å². The van der Waals surface area contributed by atoms with Crippen LogP contribution in [0.3, 0.4) is 0 Å². The molecule has 1 heterocycles. The maximum atomic E-state index is 12.2. The minimum absolute atomic E-state index is 0.0402. The number of carbonyl (C=O) groups is 1. The highest BCUT2D eigenvalue weighted by molar-refractivity contribution is 7.92. The average Bonchev–Trinajstić information content (AvgIpc) is 2.53. The lowest BCUT2D eigenvalue weighted by atomic mass is 10.0. The summed E-state index contributed by atoms with van der Waals surface area (Å²) >= 11 is 0. The zero-order chi connectivity index (χ0) is 13.5. The number of rotatable bonds is 3. The van der Waals surface area contributed by atoms with Crippen LogP contribution in [0.5, 0.6) is 5.75 Å². The smallest absolute Gasteiger partial charge is 0.306 e. The standard InChI is InChI=1S/C12H14O5S/c1-7(12(14)15)5-8-6-9-10(13)3-2-4-11(9)18(8,16)17/h2-4,7-8,13H,5-6H2,1H3,(H,14,15). The van der Waals surface area contributed by atoms with Crippen molar-refractivity contribution in [3.63, 3.8) is 0 Å². The van der Waals surface area contributed by atoms with Gasteiger partial charge >= 0.3 is 5.97 Å². The van der Waals surface area contributed by atoms with Crippen LogP contribution in [-0.4, -0.2) is 29.9 Å². The fraction of sp³-hybridized carbons (Fsp3) is 0.417. The number of hydrogen-bond acceptors (Lipinski definition) is 4. The highest BCUT2D eigenvalue weighted by atomic mass is 32.2. The first kappa shape index (κ1) is 12.9. The van der Waals surface area contributed by atoms with E-state index in [9.17, 15) is 18.3 Å². The summed E-state index contributed by atoms with van der Waals surface area (Å²) in [5.74, 6) is -1.77. The first-order valence-electron chi connectivity index (χ1n) is 5.61. The van der Waals surface area contributed by atoms with Crippen molar-refractivity contribution >= 4 is 15.8 Å². The molecule has 0 aliphatic carbocycles. The van der Waals surface area contributed by atoms with Crippen molar-refractivity contribution in [2.75, 3.05) is 0 Å². The first-order valence-corrected chi connectivity index (χ1v) is 7.16. The van der Waals surface area contributed by atoms with Gasteiger partial charge in [0.05, 0.1) is 16.1 Å². The maximum Gasteiger partial charge on any atom is 0.306 e. The van der Waals surface area contributed by atoms with E-state index in [-0.39, 0.29) is 23.5 Å². The molecule has 2 N–H and O–H groups in total. The average molecular weight is 270 g/mol. The Morgan fingerprint density at radius 2 is 2.17 bits per heavy atom. The van der Waals surface area contributed by atoms with Crippen LogP contribution < -0.4 is 0 Å². The molecule has 0 radical (unpaired) electrons. The lowest BCUT2D eigenvalue weighted by molar-refractivity contribution is -0.141. The van der Waals surface area contributed by atoms with E-state index in [0.717, 1.165) is 0 Å². The van der Waals surface area contributed by atoms with Crippen molar-refractivity contribution in [3.05, 3.63) is 23.8 Å². The second kappa shape index (κ2) is 4.28. The summed E-state index contributed by atoms with van der Waals surface area (Å²) in [7, 11) is -3.52. The van der Waals surface area contributed by atoms with Crippen molar-refractivity contribution in [3.8, 4) is 5.75 Å². The molecule has 2 rings (SSSR count). The van der Waals surface area contributed by atoms with Gasteiger partial charge in [0.25, 0.3) is 0 Å². The minimum atomic E-state index is -3.52. The van der Waals surface area contributed by atoms with Crippen molar-refractivity contribution < 1.29 is 23.4 Å². The van der Waals surface area contributed by atoms with Crippen LogP contribution in [0.25, 0.3) is 0 Å². The molecule has 0 spiro atoms. The summed E-state index contributed by atoms with van der Waals surface area (Å²) < 4.78 is 24.4. The molecule has 0 amide bonds. The van der Waals surface area contributed by atoms with Crippen molar-refractivity contribution in [1.29, 1.82) is 0 Å². The van der Waals surface area contributed by atoms with Gasteiger partial charge in [0, 0.05) is 5.56 Å². The van der Waals surface area contributed by atoms with Crippen molar-refractivity contribution in [2.45, 2.75) is 29.9 Å². The molecular weight excluding hydrogens is 256 g/mol. The molecular formula is C12H14O5S. The van der Waals surface area contributed by atoms with Gasteiger partial charge in [-0.3, -0.25) is 4.79 Å². The van der Waals surface area contributed by atoms with E-state index in [2.05, 4.69) is 0 Å². The van der Waals surface area contributed by atoms with Crippen molar-refractivity contribution in [2.24, 2.45) is 5.92 Å². The van der Waals surface area contributed by atoms with Crippen LogP contribution in [-0.2, 0) is 21.1 Å². The SMILES string of the molecule is CC(CC1Cc2c(O)cccc2S1(=O)=O)C(=O)O. The summed E-state index contributed by atoms with van der Waals surface area (Å²) in [6.45, 7) is 1.49. The molecule has 6 heteroatoms. The Bertz CT molecular complexity index is 590. The summed E-state index contributed by atoms with van der Waals surface area (Å²) in [5, 5.41) is 17.7. The Balaban J connectivity index is 2.35. The predicted molar refractivity (Wildman–Crippen MR) is 64.2 cm³/mol. The Morgan fingerprint density at radius 1 is 1.50 bits per heavy atom. The molecule has 1 aliphatic heterocycles. The first-order chi connectivity index (χ1) is 8.34. The van der Waals surface area contributed by atoms with E-state index in [1.165, 1.54) is 25.1 Å². The zero-order valence-corrected chi connectivity index (χ0v) is 10.6. The van der Waals surface area contributed by atoms with E-state index in [4.69, 9.17) is 5.11 Å². The molecule has 0 fully saturated rings. The molecule has 0 saturated heterocycles. The van der Waals surface area contributed by atoms with Crippen LogP contribution >= 0.6 is 0 Å². The highest BCUT2D eigenvalue weighted by Gasteiger charge is 2.39. The maximum absolute atomic E-state index is 12.2. The Morgan fingerprint density at radius 3 is 2.72 bits per heavy atom. The molecule has 1 aromatic rings. The van der Waals surface area contributed by atoms with E-state index in [1.54, 1.807) is 0 Å². The number of benzene rings is 1. The van der Waals surface area contributed by atoms with Gasteiger partial charge in [-0.15, -0.1) is 0 Å². The van der Waals surface area contributed by atoms with Gasteiger partial charge in [0.1, 0.15) is 5.75 Å². The molecule has 5 nitrogen and oxygen atoms in total. The number of carboxylic acids is 1. The van der Waals surface area contributed by atoms with Gasteiger partial charge < -0.3 is 10.2 Å². The Kier molecular flexibility index (Phi) is 3.06. The third-order valence-corrected chi connectivity index (χ3v) is 5.56. The number of carboxylic acid groups (broad SMARTS) is 1. The van der Waals surface area contributed by atoms with Crippen LogP contribution in [0.15, 0.2) is 23.1 Å². The fourth-order valence-electron chi connectivity index (χ4n) is 2.25. The van der Waals surface area contributed by atoms with Crippen molar-refractivity contribution in [1.82, 2.24) is 0 Å². The van der Waals surface area contributed by atoms with E-state index >= 15 is 0 Å². The van der Waals surface area contributed by atoms with Crippen LogP contribution in [0, 0.1) is 5.92 Å². The monoisotopic (exact) mass is 270 g/mol. The number of aromatic hydroxyl groups is 1. The van der Waals surface area contributed by atoms with Crippen LogP contribution in [0.1, 0.15) is 18.9 Å². The summed E-state index contributed by atoms with van der Waals surface area (Å²) in [5.41, 5.74) is 0.403. The molecule has 0 aromatic heterocycles. The number of aliphatic carboxylic acids is 1. The number of phenols is 1. The molecule has 2 unspecified atom stereocenters. The lowest BCUT2D eigenvalue weighted by Gasteiger charge is -2.12. The third-order valence-electron chi connectivity index (χ3n) is 3.32. The summed E-state index contributed by atoms with van der Waals surface area (Å²) in [4.78, 5) is 10.9. The predicted octanol–water partition coefficient (Wildman–Crippen LogP) is 1.20. The molecule has 0 bridgehead atoms. The second-order valence-corrected chi connectivity index (χ2v) is 6.80. The van der Waals surface area contributed by atoms with E-state index < -0.39 is 27.0 Å². The normalized spacial score (nSPS) is 22.4. The van der Waals surface area contributed by atoms with Gasteiger partial charge in [0.15, 0.2) is 9.84 Å². The van der Waals surface area contributed by atoms with Gasteiger partial charge in [0.2, 0.25) is 0 Å². The van der Waals surface area contributed by atoms with Crippen LogP contribution in [0.2, 0.25) is 0 Å². The quantitative estimate of drug-likeness (QED) is 0.861. The Labute approximate surface area is 105 Å². The Hall–Kier alpha value is -1.56. The highest BCUT2D eigenvalue weighted by Crippen LogP contribution is 2.38. The number of hydrogen-bond donors (Lipinski definition) is 2. The van der Waals surface area contributed by atoms with Gasteiger partial charge in [-0.1, -0.05) is 13.0 Å². The third kappa shape index (κ3) is 1.96. The largest absolute Gasteiger partial charge is 0.508 e. The molecule has 0 saturated carbocycles. The minimum Gasteiger partial charge on any atom is -0.508 e. The van der Waals surface area contributed by atoms with Gasteiger partial charge in [-0.2, -0.15) is 0 Å². The second-order valence-electron chi connectivity index (χ2n) is 4.60. The summed E-state index contributed by atoms with van der Waals surface area (Å²) in [6.07, 6.45) is 0.244. The number of fused-ring (bicyclic) bond motifs is 1. The molecule has 2 atom stereocenters.